The van der Waals surface area contributed by atoms with Crippen LogP contribution in [0.1, 0.15) is 98.8 Å². The van der Waals surface area contributed by atoms with E-state index < -0.39 is 0 Å². The highest BCUT2D eigenvalue weighted by atomic mass is 16.3. The Morgan fingerprint density at radius 3 is 2.48 bits per heavy atom. The van der Waals surface area contributed by atoms with Gasteiger partial charge in [-0.25, -0.2) is 0 Å². The average Bonchev–Trinajstić information content (AvgIpc) is 3.03. The lowest BCUT2D eigenvalue weighted by atomic mass is 9.47. The van der Waals surface area contributed by atoms with Crippen LogP contribution in [-0.4, -0.2) is 22.4 Å². The third kappa shape index (κ3) is 3.65. The molecule has 0 bridgehead atoms. The Bertz CT molecular complexity index is 624. The van der Waals surface area contributed by atoms with Gasteiger partial charge < -0.3 is 10.2 Å². The highest BCUT2D eigenvalue weighted by molar-refractivity contribution is 5.25. The Hall–Kier alpha value is -0.340. The van der Waals surface area contributed by atoms with Crippen LogP contribution >= 0.6 is 0 Å². The van der Waals surface area contributed by atoms with Gasteiger partial charge in [-0.05, 0) is 111 Å². The molecule has 0 amide bonds. The minimum atomic E-state index is -0.133. The molecule has 4 aliphatic carbocycles. The second kappa shape index (κ2) is 7.97. The molecule has 3 fully saturated rings. The molecule has 0 heterocycles. The van der Waals surface area contributed by atoms with E-state index in [1.54, 1.807) is 5.57 Å². The van der Waals surface area contributed by atoms with Gasteiger partial charge in [0.1, 0.15) is 0 Å². The summed E-state index contributed by atoms with van der Waals surface area (Å²) >= 11 is 0. The second-order valence-corrected chi connectivity index (χ2v) is 12.3. The summed E-state index contributed by atoms with van der Waals surface area (Å²) in [4.78, 5) is 0. The van der Waals surface area contributed by atoms with Crippen LogP contribution < -0.4 is 0 Å². The van der Waals surface area contributed by atoms with E-state index in [9.17, 15) is 10.2 Å². The van der Waals surface area contributed by atoms with Crippen LogP contribution in [0.25, 0.3) is 0 Å². The third-order valence-electron chi connectivity index (χ3n) is 10.4. The van der Waals surface area contributed by atoms with Crippen LogP contribution in [0.2, 0.25) is 0 Å². The van der Waals surface area contributed by atoms with Crippen LogP contribution in [0.5, 0.6) is 0 Å². The standard InChI is InChI=1S/C27H46O2/c1-17(2)6-11-25(29)18(3)22-9-10-23-21-8-7-19-16-20(28)12-14-26(19,4)24(21)13-15-27(22,23)5/h7,17-18,20-25,28-29H,6,8-16H2,1-5H3/t18-,20-,21?,22?,23?,24?,25+,26-,27+/m0/s1. The van der Waals surface area contributed by atoms with Crippen molar-refractivity contribution in [3.63, 3.8) is 0 Å². The summed E-state index contributed by atoms with van der Waals surface area (Å²) in [6, 6.07) is 0. The van der Waals surface area contributed by atoms with E-state index in [4.69, 9.17) is 0 Å². The molecule has 0 saturated heterocycles. The molecule has 9 atom stereocenters. The molecule has 2 heteroatoms. The highest BCUT2D eigenvalue weighted by Gasteiger charge is 2.59. The van der Waals surface area contributed by atoms with Gasteiger partial charge in [0.2, 0.25) is 0 Å². The summed E-state index contributed by atoms with van der Waals surface area (Å²) in [5.74, 6) is 4.25. The van der Waals surface area contributed by atoms with Gasteiger partial charge >= 0.3 is 0 Å². The zero-order valence-corrected chi connectivity index (χ0v) is 19.7. The largest absolute Gasteiger partial charge is 0.393 e. The lowest BCUT2D eigenvalue weighted by Crippen LogP contribution is -2.51. The number of fused-ring (bicyclic) bond motifs is 5. The number of aliphatic hydroxyl groups excluding tert-OH is 2. The Labute approximate surface area is 179 Å². The first kappa shape index (κ1) is 21.9. The predicted molar refractivity (Wildman–Crippen MR) is 120 cm³/mol. The van der Waals surface area contributed by atoms with Crippen molar-refractivity contribution in [2.24, 2.45) is 46.3 Å². The third-order valence-corrected chi connectivity index (χ3v) is 10.4. The summed E-state index contributed by atoms with van der Waals surface area (Å²) in [5, 5.41) is 21.2. The van der Waals surface area contributed by atoms with Gasteiger partial charge in [0.15, 0.2) is 0 Å². The molecule has 0 aliphatic heterocycles. The molecule has 3 saturated carbocycles. The van der Waals surface area contributed by atoms with Crippen LogP contribution in [0.3, 0.4) is 0 Å². The van der Waals surface area contributed by atoms with Gasteiger partial charge in [0.05, 0.1) is 12.2 Å². The Morgan fingerprint density at radius 1 is 1.00 bits per heavy atom. The second-order valence-electron chi connectivity index (χ2n) is 12.3. The molecule has 0 spiro atoms. The first-order valence-electron chi connectivity index (χ1n) is 12.7. The predicted octanol–water partition coefficient (Wildman–Crippen LogP) is 6.36. The van der Waals surface area contributed by atoms with Crippen molar-refractivity contribution in [3.05, 3.63) is 11.6 Å². The van der Waals surface area contributed by atoms with Crippen LogP contribution in [0, 0.1) is 46.3 Å². The van der Waals surface area contributed by atoms with E-state index in [0.717, 1.165) is 43.4 Å². The van der Waals surface area contributed by atoms with Gasteiger partial charge in [-0.3, -0.25) is 0 Å². The SMILES string of the molecule is CC(C)CC[C@@H](O)[C@@H](C)C1CCC2C3CC=C4C[C@@H](O)CC[C@]4(C)C3CC[C@@]21C. The monoisotopic (exact) mass is 402 g/mol. The minimum absolute atomic E-state index is 0.108. The van der Waals surface area contributed by atoms with Gasteiger partial charge in [-0.15, -0.1) is 0 Å². The molecule has 29 heavy (non-hydrogen) atoms. The first-order chi connectivity index (χ1) is 13.7. The Balaban J connectivity index is 1.51. The van der Waals surface area contributed by atoms with Crippen molar-refractivity contribution >= 4 is 0 Å². The van der Waals surface area contributed by atoms with Crippen molar-refractivity contribution in [1.82, 2.24) is 0 Å². The normalized spacial score (nSPS) is 46.5. The molecule has 4 aliphatic rings. The highest BCUT2D eigenvalue weighted by Crippen LogP contribution is 2.67. The van der Waals surface area contributed by atoms with Gasteiger partial charge in [-0.2, -0.15) is 0 Å². The van der Waals surface area contributed by atoms with Crippen LogP contribution in [-0.2, 0) is 0 Å². The molecule has 2 nitrogen and oxygen atoms in total. The van der Waals surface area contributed by atoms with E-state index in [-0.39, 0.29) is 12.2 Å². The summed E-state index contributed by atoms with van der Waals surface area (Å²) in [7, 11) is 0. The van der Waals surface area contributed by atoms with Crippen molar-refractivity contribution in [3.8, 4) is 0 Å². The first-order valence-corrected chi connectivity index (χ1v) is 12.7. The Kier molecular flexibility index (Phi) is 6.01. The molecule has 0 radical (unpaired) electrons. The lowest BCUT2D eigenvalue weighted by molar-refractivity contribution is -0.0681. The molecule has 0 aromatic carbocycles. The van der Waals surface area contributed by atoms with E-state index in [0.29, 0.717) is 28.6 Å². The van der Waals surface area contributed by atoms with Gasteiger partial charge in [0, 0.05) is 0 Å². The van der Waals surface area contributed by atoms with Gasteiger partial charge in [-0.1, -0.05) is 46.3 Å². The molecule has 0 aromatic rings. The molecular formula is C27H46O2. The lowest BCUT2D eigenvalue weighted by Gasteiger charge is -2.58. The summed E-state index contributed by atoms with van der Waals surface area (Å²) in [5.41, 5.74) is 2.33. The molecular weight excluding hydrogens is 356 g/mol. The summed E-state index contributed by atoms with van der Waals surface area (Å²) < 4.78 is 0. The number of hydrogen-bond acceptors (Lipinski definition) is 2. The van der Waals surface area contributed by atoms with Crippen molar-refractivity contribution < 1.29 is 10.2 Å². The maximum atomic E-state index is 11.0. The average molecular weight is 403 g/mol. The fourth-order valence-corrected chi connectivity index (χ4v) is 8.58. The van der Waals surface area contributed by atoms with Crippen LogP contribution in [0.4, 0.5) is 0 Å². The van der Waals surface area contributed by atoms with Crippen molar-refractivity contribution in [2.75, 3.05) is 0 Å². The molecule has 0 aromatic heterocycles. The number of aliphatic hydroxyl groups is 2. The Morgan fingerprint density at radius 2 is 1.76 bits per heavy atom. The number of allylic oxidation sites excluding steroid dienone is 1. The fraction of sp³-hybridized carbons (Fsp3) is 0.926. The van der Waals surface area contributed by atoms with Crippen molar-refractivity contribution in [2.45, 2.75) is 111 Å². The zero-order chi connectivity index (χ0) is 21.0. The number of rotatable bonds is 5. The zero-order valence-electron chi connectivity index (χ0n) is 19.7. The van der Waals surface area contributed by atoms with Crippen molar-refractivity contribution in [1.29, 1.82) is 0 Å². The summed E-state index contributed by atoms with van der Waals surface area (Å²) in [6.07, 6.45) is 14.1. The van der Waals surface area contributed by atoms with Crippen LogP contribution in [0.15, 0.2) is 11.6 Å². The fourth-order valence-electron chi connectivity index (χ4n) is 8.58. The molecule has 2 N–H and O–H groups in total. The van der Waals surface area contributed by atoms with E-state index in [1.165, 1.54) is 38.5 Å². The minimum Gasteiger partial charge on any atom is -0.393 e. The van der Waals surface area contributed by atoms with E-state index in [2.05, 4.69) is 40.7 Å². The smallest absolute Gasteiger partial charge is 0.0577 e. The van der Waals surface area contributed by atoms with E-state index in [1.807, 2.05) is 0 Å². The van der Waals surface area contributed by atoms with E-state index >= 15 is 0 Å². The topological polar surface area (TPSA) is 40.5 Å². The summed E-state index contributed by atoms with van der Waals surface area (Å²) in [6.45, 7) is 12.0. The molecule has 166 valence electrons. The molecule has 4 rings (SSSR count). The number of hydrogen-bond donors (Lipinski definition) is 2. The molecule has 4 unspecified atom stereocenters. The van der Waals surface area contributed by atoms with Gasteiger partial charge in [0.25, 0.3) is 0 Å². The maximum absolute atomic E-state index is 11.0. The maximum Gasteiger partial charge on any atom is 0.0577 e. The quantitative estimate of drug-likeness (QED) is 0.525.